The average molecular weight is 373 g/mol. The molecule has 0 radical (unpaired) electrons. The van der Waals surface area contributed by atoms with E-state index >= 15 is 0 Å². The molecule has 1 atom stereocenters. The zero-order valence-corrected chi connectivity index (χ0v) is 14.6. The summed E-state index contributed by atoms with van der Waals surface area (Å²) >= 11 is 1.10. The maximum atomic E-state index is 11.8. The molecule has 0 unspecified atom stereocenters. The van der Waals surface area contributed by atoms with Gasteiger partial charge in [0.05, 0.1) is 0 Å². The van der Waals surface area contributed by atoms with E-state index in [1.165, 1.54) is 6.21 Å². The third-order valence-corrected chi connectivity index (χ3v) is 4.26. The number of aliphatic carboxylic acids is 1. The van der Waals surface area contributed by atoms with Crippen LogP contribution in [-0.4, -0.2) is 41.0 Å². The van der Waals surface area contributed by atoms with Crippen LogP contribution in [0.5, 0.6) is 0 Å². The van der Waals surface area contributed by atoms with Crippen LogP contribution in [0.15, 0.2) is 46.6 Å². The minimum Gasteiger partial charge on any atom is -0.550 e. The van der Waals surface area contributed by atoms with Crippen LogP contribution in [0.25, 0.3) is 6.08 Å². The highest BCUT2D eigenvalue weighted by molar-refractivity contribution is 8.15. The Morgan fingerprint density at radius 3 is 2.81 bits per heavy atom. The summed E-state index contributed by atoms with van der Waals surface area (Å²) in [5, 5.41) is 22.7. The first kappa shape index (κ1) is 19.4. The lowest BCUT2D eigenvalue weighted by atomic mass is 10.2. The van der Waals surface area contributed by atoms with Crippen LogP contribution in [0.1, 0.15) is 18.4 Å². The molecule has 0 aliphatic carbocycles. The molecule has 0 bridgehead atoms. The molecular formula is C17H17N4O4S-. The van der Waals surface area contributed by atoms with Crippen LogP contribution in [0, 0.1) is 0 Å². The van der Waals surface area contributed by atoms with E-state index in [4.69, 9.17) is 0 Å². The van der Waals surface area contributed by atoms with Gasteiger partial charge in [0.2, 0.25) is 11.8 Å². The van der Waals surface area contributed by atoms with Crippen LogP contribution >= 0.6 is 11.8 Å². The van der Waals surface area contributed by atoms with E-state index in [0.29, 0.717) is 5.17 Å². The molecule has 0 aromatic heterocycles. The molecule has 2 N–H and O–H groups in total. The Bertz CT molecular complexity index is 746. The first-order valence-corrected chi connectivity index (χ1v) is 8.69. The molecule has 1 aliphatic heterocycles. The van der Waals surface area contributed by atoms with Gasteiger partial charge in [-0.2, -0.15) is 5.10 Å². The number of amidine groups is 1. The molecule has 136 valence electrons. The van der Waals surface area contributed by atoms with Gasteiger partial charge in [0.1, 0.15) is 5.25 Å². The molecule has 2 amide bonds. The first-order chi connectivity index (χ1) is 12.5. The summed E-state index contributed by atoms with van der Waals surface area (Å²) in [5.41, 5.74) is 1.03. The monoisotopic (exact) mass is 373 g/mol. The van der Waals surface area contributed by atoms with Crippen molar-refractivity contribution in [1.29, 1.82) is 0 Å². The summed E-state index contributed by atoms with van der Waals surface area (Å²) in [5.74, 6) is -1.99. The van der Waals surface area contributed by atoms with Gasteiger partial charge in [-0.3, -0.25) is 9.59 Å². The first-order valence-electron chi connectivity index (χ1n) is 7.81. The van der Waals surface area contributed by atoms with Crippen molar-refractivity contribution in [3.63, 3.8) is 0 Å². The van der Waals surface area contributed by atoms with Crippen molar-refractivity contribution in [3.8, 4) is 0 Å². The predicted octanol–water partition coefficient (Wildman–Crippen LogP) is -0.0805. The Morgan fingerprint density at radius 2 is 2.08 bits per heavy atom. The maximum Gasteiger partial charge on any atom is 0.240 e. The molecule has 9 heteroatoms. The molecule has 8 nitrogen and oxygen atoms in total. The number of amides is 2. The summed E-state index contributed by atoms with van der Waals surface area (Å²) in [6.45, 7) is -0.0286. The van der Waals surface area contributed by atoms with Crippen molar-refractivity contribution in [2.24, 2.45) is 10.2 Å². The summed E-state index contributed by atoms with van der Waals surface area (Å²) < 4.78 is 0. The zero-order chi connectivity index (χ0) is 18.8. The second-order valence-electron chi connectivity index (χ2n) is 5.21. The SMILES string of the molecule is O=C([O-])CCNC(=O)C[C@@H]1S\C(=N/N=C\C=C\c2ccccc2)NC1=O. The molecule has 1 aliphatic rings. The van der Waals surface area contributed by atoms with Gasteiger partial charge >= 0.3 is 0 Å². The summed E-state index contributed by atoms with van der Waals surface area (Å²) in [6.07, 6.45) is 4.74. The fraction of sp³-hybridized carbons (Fsp3) is 0.235. The number of carboxylic acid groups (broad SMARTS) is 1. The third-order valence-electron chi connectivity index (χ3n) is 3.19. The molecule has 1 aromatic carbocycles. The zero-order valence-electron chi connectivity index (χ0n) is 13.8. The van der Waals surface area contributed by atoms with E-state index in [1.54, 1.807) is 6.08 Å². The van der Waals surface area contributed by atoms with E-state index in [1.807, 2.05) is 36.4 Å². The number of hydrogen-bond donors (Lipinski definition) is 2. The van der Waals surface area contributed by atoms with E-state index in [-0.39, 0.29) is 25.3 Å². The van der Waals surface area contributed by atoms with E-state index in [2.05, 4.69) is 20.8 Å². The van der Waals surface area contributed by atoms with Crippen LogP contribution in [0.2, 0.25) is 0 Å². The lowest BCUT2D eigenvalue weighted by Crippen LogP contribution is -2.34. The Balaban J connectivity index is 1.78. The van der Waals surface area contributed by atoms with Crippen molar-refractivity contribution in [1.82, 2.24) is 10.6 Å². The highest BCUT2D eigenvalue weighted by Crippen LogP contribution is 2.22. The van der Waals surface area contributed by atoms with Gasteiger partial charge in [-0.05, 0) is 11.6 Å². The summed E-state index contributed by atoms with van der Waals surface area (Å²) in [6, 6.07) is 9.68. The van der Waals surface area contributed by atoms with Crippen LogP contribution < -0.4 is 15.7 Å². The Hall–Kier alpha value is -2.94. The predicted molar refractivity (Wildman–Crippen MR) is 98.2 cm³/mol. The molecule has 1 saturated heterocycles. The van der Waals surface area contributed by atoms with Crippen LogP contribution in [-0.2, 0) is 14.4 Å². The topological polar surface area (TPSA) is 123 Å². The highest BCUT2D eigenvalue weighted by atomic mass is 32.2. The van der Waals surface area contributed by atoms with Gasteiger partial charge in [0.15, 0.2) is 5.17 Å². The molecule has 0 spiro atoms. The second-order valence-corrected chi connectivity index (χ2v) is 6.40. The summed E-state index contributed by atoms with van der Waals surface area (Å²) in [4.78, 5) is 33.8. The number of allylic oxidation sites excluding steroid dienone is 1. The number of rotatable bonds is 8. The minimum absolute atomic E-state index is 0.0286. The Labute approximate surface area is 154 Å². The van der Waals surface area contributed by atoms with Crippen LogP contribution in [0.3, 0.4) is 0 Å². The number of carbonyl (C=O) groups excluding carboxylic acids is 3. The molecule has 1 fully saturated rings. The fourth-order valence-corrected chi connectivity index (χ4v) is 2.90. The Kier molecular flexibility index (Phi) is 7.56. The van der Waals surface area contributed by atoms with E-state index in [9.17, 15) is 19.5 Å². The van der Waals surface area contributed by atoms with Crippen molar-refractivity contribution in [2.75, 3.05) is 6.54 Å². The van der Waals surface area contributed by atoms with E-state index in [0.717, 1.165) is 17.3 Å². The molecule has 2 rings (SSSR count). The quantitative estimate of drug-likeness (QED) is 0.487. The number of benzene rings is 1. The van der Waals surface area contributed by atoms with Crippen molar-refractivity contribution >= 4 is 47.0 Å². The van der Waals surface area contributed by atoms with Gasteiger partial charge in [0.25, 0.3) is 0 Å². The largest absolute Gasteiger partial charge is 0.550 e. The van der Waals surface area contributed by atoms with Gasteiger partial charge in [-0.15, -0.1) is 5.10 Å². The smallest absolute Gasteiger partial charge is 0.240 e. The van der Waals surface area contributed by atoms with Crippen molar-refractivity contribution in [3.05, 3.63) is 42.0 Å². The van der Waals surface area contributed by atoms with Gasteiger partial charge in [-0.25, -0.2) is 0 Å². The molecule has 26 heavy (non-hydrogen) atoms. The van der Waals surface area contributed by atoms with Gasteiger partial charge in [-0.1, -0.05) is 48.2 Å². The Morgan fingerprint density at radius 1 is 1.31 bits per heavy atom. The molecule has 1 aromatic rings. The third kappa shape index (κ3) is 6.89. The van der Waals surface area contributed by atoms with Crippen molar-refractivity contribution < 1.29 is 19.5 Å². The molecule has 0 saturated carbocycles. The number of nitrogens with one attached hydrogen (secondary N) is 2. The van der Waals surface area contributed by atoms with Gasteiger partial charge < -0.3 is 20.5 Å². The number of thioether (sulfide) groups is 1. The highest BCUT2D eigenvalue weighted by Gasteiger charge is 2.32. The standard InChI is InChI=1S/C17H18N4O4S/c22-14(18-10-8-15(23)24)11-13-16(25)20-17(26-13)21-19-9-4-7-12-5-2-1-3-6-12/h1-7,9,13H,8,10-11H2,(H,18,22)(H,23,24)(H,20,21,25)/p-1/b7-4+,19-9-/t13-/m0/s1. The minimum atomic E-state index is -1.24. The average Bonchev–Trinajstić information content (AvgIpc) is 2.94. The number of hydrogen-bond acceptors (Lipinski definition) is 7. The fourth-order valence-electron chi connectivity index (χ4n) is 1.97. The summed E-state index contributed by atoms with van der Waals surface area (Å²) in [7, 11) is 0. The van der Waals surface area contributed by atoms with E-state index < -0.39 is 17.1 Å². The number of nitrogens with zero attached hydrogens (tertiary/aromatic N) is 2. The number of carboxylic acids is 1. The number of carbonyl (C=O) groups is 3. The lowest BCUT2D eigenvalue weighted by Gasteiger charge is -2.07. The van der Waals surface area contributed by atoms with Crippen LogP contribution in [0.4, 0.5) is 0 Å². The van der Waals surface area contributed by atoms with Gasteiger partial charge in [0, 0.05) is 31.6 Å². The maximum absolute atomic E-state index is 11.8. The molecule has 1 heterocycles. The molecular weight excluding hydrogens is 356 g/mol. The normalized spacial score (nSPS) is 18.5. The second kappa shape index (κ2) is 10.1. The lowest BCUT2D eigenvalue weighted by molar-refractivity contribution is -0.305. The van der Waals surface area contributed by atoms with Crippen molar-refractivity contribution in [2.45, 2.75) is 18.1 Å².